The summed E-state index contributed by atoms with van der Waals surface area (Å²) in [6.45, 7) is 4.13. The van der Waals surface area contributed by atoms with Gasteiger partial charge in [0.25, 0.3) is 0 Å². The quantitative estimate of drug-likeness (QED) is 0.644. The summed E-state index contributed by atoms with van der Waals surface area (Å²) >= 11 is 0. The van der Waals surface area contributed by atoms with Gasteiger partial charge in [-0.25, -0.2) is 9.97 Å². The van der Waals surface area contributed by atoms with Crippen LogP contribution < -0.4 is 10.2 Å². The molecular formula is C17H26N4. The third kappa shape index (κ3) is 4.27. The normalized spacial score (nSPS) is 18.9. The molecular weight excluding hydrogens is 260 g/mol. The number of rotatable bonds is 6. The van der Waals surface area contributed by atoms with Gasteiger partial charge in [-0.05, 0) is 51.5 Å². The zero-order valence-electron chi connectivity index (χ0n) is 12.9. The molecule has 2 aliphatic rings. The molecule has 0 amide bonds. The minimum atomic E-state index is 0.869. The summed E-state index contributed by atoms with van der Waals surface area (Å²) in [5.41, 5.74) is 2.81. The van der Waals surface area contributed by atoms with Crippen LogP contribution in [-0.4, -0.2) is 29.6 Å². The molecule has 1 aliphatic heterocycles. The Balaban J connectivity index is 1.39. The van der Waals surface area contributed by atoms with Crippen molar-refractivity contribution >= 4 is 5.95 Å². The van der Waals surface area contributed by atoms with Crippen molar-refractivity contribution in [2.75, 3.05) is 24.5 Å². The standard InChI is InChI=1S/C17H26N4/c1-2-6-15(7-3-1)8-9-18-12-16-13-19-17(20-14-16)21-10-4-5-11-21/h6,13-14,18H,1-5,7-12H2. The SMILES string of the molecule is C1=C(CCNCc2cnc(N3CCCC3)nc2)CCCC1. The maximum Gasteiger partial charge on any atom is 0.225 e. The molecule has 0 unspecified atom stereocenters. The number of anilines is 1. The van der Waals surface area contributed by atoms with E-state index in [1.54, 1.807) is 5.57 Å². The molecule has 1 saturated heterocycles. The van der Waals surface area contributed by atoms with Crippen molar-refractivity contribution in [2.45, 2.75) is 51.5 Å². The second-order valence-corrected chi connectivity index (χ2v) is 6.12. The average molecular weight is 286 g/mol. The van der Waals surface area contributed by atoms with Crippen LogP contribution in [0.25, 0.3) is 0 Å². The lowest BCUT2D eigenvalue weighted by molar-refractivity contribution is 0.631. The Kier molecular flexibility index (Phi) is 5.22. The van der Waals surface area contributed by atoms with E-state index in [0.717, 1.165) is 32.1 Å². The van der Waals surface area contributed by atoms with E-state index in [4.69, 9.17) is 0 Å². The molecule has 4 nitrogen and oxygen atoms in total. The molecule has 1 N–H and O–H groups in total. The van der Waals surface area contributed by atoms with Gasteiger partial charge in [0, 0.05) is 37.6 Å². The van der Waals surface area contributed by atoms with Gasteiger partial charge in [-0.3, -0.25) is 0 Å². The van der Waals surface area contributed by atoms with Crippen molar-refractivity contribution in [2.24, 2.45) is 0 Å². The summed E-state index contributed by atoms with van der Waals surface area (Å²) < 4.78 is 0. The Bertz CT molecular complexity index is 460. The molecule has 4 heteroatoms. The van der Waals surface area contributed by atoms with Crippen LogP contribution in [0.4, 0.5) is 5.95 Å². The van der Waals surface area contributed by atoms with E-state index in [-0.39, 0.29) is 0 Å². The molecule has 3 rings (SSSR count). The molecule has 0 spiro atoms. The number of nitrogens with one attached hydrogen (secondary N) is 1. The lowest BCUT2D eigenvalue weighted by Gasteiger charge is -2.15. The van der Waals surface area contributed by atoms with Gasteiger partial charge in [0.05, 0.1) is 0 Å². The van der Waals surface area contributed by atoms with Gasteiger partial charge in [0.1, 0.15) is 0 Å². The van der Waals surface area contributed by atoms with Crippen molar-refractivity contribution in [3.8, 4) is 0 Å². The summed E-state index contributed by atoms with van der Waals surface area (Å²) in [5, 5.41) is 3.50. The van der Waals surface area contributed by atoms with Crippen molar-refractivity contribution in [3.63, 3.8) is 0 Å². The fourth-order valence-corrected chi connectivity index (χ4v) is 3.13. The molecule has 0 radical (unpaired) electrons. The van der Waals surface area contributed by atoms with Crippen LogP contribution in [0, 0.1) is 0 Å². The van der Waals surface area contributed by atoms with Crippen LogP contribution >= 0.6 is 0 Å². The van der Waals surface area contributed by atoms with Crippen molar-refractivity contribution in [1.29, 1.82) is 0 Å². The van der Waals surface area contributed by atoms with Crippen LogP contribution in [0.3, 0.4) is 0 Å². The van der Waals surface area contributed by atoms with Gasteiger partial charge in [0.15, 0.2) is 0 Å². The van der Waals surface area contributed by atoms with Gasteiger partial charge in [-0.1, -0.05) is 11.6 Å². The zero-order valence-corrected chi connectivity index (χ0v) is 12.9. The summed E-state index contributed by atoms with van der Waals surface area (Å²) in [5.74, 6) is 0.892. The number of allylic oxidation sites excluding steroid dienone is 1. The largest absolute Gasteiger partial charge is 0.341 e. The van der Waals surface area contributed by atoms with Crippen LogP contribution in [0.5, 0.6) is 0 Å². The van der Waals surface area contributed by atoms with E-state index in [0.29, 0.717) is 0 Å². The second kappa shape index (κ2) is 7.55. The molecule has 1 aromatic heterocycles. The summed E-state index contributed by atoms with van der Waals surface area (Å²) in [4.78, 5) is 11.3. The van der Waals surface area contributed by atoms with E-state index >= 15 is 0 Å². The third-order valence-electron chi connectivity index (χ3n) is 4.42. The van der Waals surface area contributed by atoms with Crippen LogP contribution in [0.1, 0.15) is 50.5 Å². The first-order valence-electron chi connectivity index (χ1n) is 8.36. The first kappa shape index (κ1) is 14.5. The number of aromatic nitrogens is 2. The molecule has 1 aromatic rings. The van der Waals surface area contributed by atoms with E-state index in [9.17, 15) is 0 Å². The smallest absolute Gasteiger partial charge is 0.225 e. The fourth-order valence-electron chi connectivity index (χ4n) is 3.13. The third-order valence-corrected chi connectivity index (χ3v) is 4.42. The topological polar surface area (TPSA) is 41.1 Å². The fraction of sp³-hybridized carbons (Fsp3) is 0.647. The lowest BCUT2D eigenvalue weighted by Crippen LogP contribution is -2.21. The molecule has 1 fully saturated rings. The Morgan fingerprint density at radius 1 is 1.05 bits per heavy atom. The van der Waals surface area contributed by atoms with Gasteiger partial charge in [0.2, 0.25) is 5.95 Å². The average Bonchev–Trinajstić information content (AvgIpc) is 3.08. The molecule has 114 valence electrons. The Labute approximate surface area is 127 Å². The molecule has 0 atom stereocenters. The van der Waals surface area contributed by atoms with Crippen LogP contribution in [0.2, 0.25) is 0 Å². The molecule has 0 aromatic carbocycles. The number of nitrogens with zero attached hydrogens (tertiary/aromatic N) is 3. The van der Waals surface area contributed by atoms with Crippen LogP contribution in [-0.2, 0) is 6.54 Å². The maximum absolute atomic E-state index is 4.49. The van der Waals surface area contributed by atoms with Crippen molar-refractivity contribution < 1.29 is 0 Å². The van der Waals surface area contributed by atoms with E-state index in [1.165, 1.54) is 50.5 Å². The Hall–Kier alpha value is -1.42. The zero-order chi connectivity index (χ0) is 14.3. The number of hydrogen-bond acceptors (Lipinski definition) is 4. The van der Waals surface area contributed by atoms with Crippen LogP contribution in [0.15, 0.2) is 24.0 Å². The predicted molar refractivity (Wildman–Crippen MR) is 86.4 cm³/mol. The second-order valence-electron chi connectivity index (χ2n) is 6.12. The monoisotopic (exact) mass is 286 g/mol. The molecule has 21 heavy (non-hydrogen) atoms. The van der Waals surface area contributed by atoms with Crippen molar-refractivity contribution in [3.05, 3.63) is 29.6 Å². The minimum absolute atomic E-state index is 0.869. The van der Waals surface area contributed by atoms with E-state index in [2.05, 4.69) is 26.3 Å². The van der Waals surface area contributed by atoms with Gasteiger partial charge in [-0.2, -0.15) is 0 Å². The Morgan fingerprint density at radius 3 is 2.57 bits per heavy atom. The van der Waals surface area contributed by atoms with Gasteiger partial charge in [-0.15, -0.1) is 0 Å². The maximum atomic E-state index is 4.49. The Morgan fingerprint density at radius 2 is 1.86 bits per heavy atom. The number of hydrogen-bond donors (Lipinski definition) is 1. The molecule has 2 heterocycles. The van der Waals surface area contributed by atoms with Gasteiger partial charge >= 0.3 is 0 Å². The summed E-state index contributed by atoms with van der Waals surface area (Å²) in [7, 11) is 0. The first-order valence-corrected chi connectivity index (χ1v) is 8.36. The minimum Gasteiger partial charge on any atom is -0.341 e. The highest BCUT2D eigenvalue weighted by Gasteiger charge is 2.14. The summed E-state index contributed by atoms with van der Waals surface area (Å²) in [6, 6.07) is 0. The highest BCUT2D eigenvalue weighted by atomic mass is 15.3. The first-order chi connectivity index (χ1) is 10.4. The van der Waals surface area contributed by atoms with E-state index in [1.807, 2.05) is 12.4 Å². The lowest BCUT2D eigenvalue weighted by atomic mass is 9.97. The predicted octanol–water partition coefficient (Wildman–Crippen LogP) is 3.06. The molecule has 1 aliphatic carbocycles. The van der Waals surface area contributed by atoms with Crippen molar-refractivity contribution in [1.82, 2.24) is 15.3 Å². The summed E-state index contributed by atoms with van der Waals surface area (Å²) in [6.07, 6.45) is 15.4. The highest BCUT2D eigenvalue weighted by Crippen LogP contribution is 2.19. The highest BCUT2D eigenvalue weighted by molar-refractivity contribution is 5.30. The van der Waals surface area contributed by atoms with Gasteiger partial charge < -0.3 is 10.2 Å². The molecule has 0 saturated carbocycles. The molecule has 0 bridgehead atoms. The van der Waals surface area contributed by atoms with E-state index < -0.39 is 0 Å².